The molecule has 61 heavy (non-hydrogen) atoms. The molecular weight excluding hydrogens is 781 g/mol. The van der Waals surface area contributed by atoms with Gasteiger partial charge >= 0.3 is 5.97 Å². The number of phenolic OH excluding ortho intramolecular Hbond substituents is 2. The van der Waals surface area contributed by atoms with Crippen LogP contribution in [0.4, 0.5) is 34.9 Å². The quantitative estimate of drug-likeness (QED) is 0.0845. The monoisotopic (exact) mass is 820 g/mol. The summed E-state index contributed by atoms with van der Waals surface area (Å²) < 4.78 is 10.9. The van der Waals surface area contributed by atoms with Crippen LogP contribution in [0.3, 0.4) is 0 Å². The average Bonchev–Trinajstić information content (AvgIpc) is 3.96. The lowest BCUT2D eigenvalue weighted by atomic mass is 10.1. The number of hydrogen-bond donors (Lipinski definition) is 7. The van der Waals surface area contributed by atoms with Crippen LogP contribution in [-0.4, -0.2) is 114 Å². The summed E-state index contributed by atoms with van der Waals surface area (Å²) in [5.74, 6) is 0.922. The second-order valence-corrected chi connectivity index (χ2v) is 14.2. The Labute approximate surface area is 347 Å². The lowest BCUT2D eigenvalue weighted by molar-refractivity contribution is 0.0698. The van der Waals surface area contributed by atoms with Gasteiger partial charge in [-0.1, -0.05) is 24.3 Å². The number of nitrogens with one attached hydrogen (secondary N) is 4. The lowest BCUT2D eigenvalue weighted by Crippen LogP contribution is -2.37. The zero-order valence-corrected chi connectivity index (χ0v) is 32.6. The molecule has 10 rings (SSSR count). The number of anilines is 6. The number of H-pyrrole nitrogens is 2. The molecule has 18 heteroatoms. The summed E-state index contributed by atoms with van der Waals surface area (Å²) in [5, 5.41) is 52.3. The van der Waals surface area contributed by atoms with E-state index < -0.39 is 5.97 Å². The minimum Gasteiger partial charge on any atom is -0.508 e. The van der Waals surface area contributed by atoms with Gasteiger partial charge < -0.3 is 45.2 Å². The van der Waals surface area contributed by atoms with Crippen molar-refractivity contribution >= 4 is 62.7 Å². The van der Waals surface area contributed by atoms with E-state index in [1.165, 1.54) is 12.1 Å². The maximum atomic E-state index is 12.3. The van der Waals surface area contributed by atoms with Gasteiger partial charge in [-0.3, -0.25) is 10.2 Å². The van der Waals surface area contributed by atoms with E-state index in [1.807, 2.05) is 53.4 Å². The number of ether oxygens (including phenoxy) is 2. The minimum atomic E-state index is -1.18. The largest absolute Gasteiger partial charge is 0.508 e. The van der Waals surface area contributed by atoms with Gasteiger partial charge in [-0.2, -0.15) is 20.2 Å². The number of carbonyl (C=O) groups is 1. The van der Waals surface area contributed by atoms with Crippen molar-refractivity contribution in [1.29, 1.82) is 0 Å². The SMILES string of the molecule is O=C(O)c1c(Nc2ccc3[nH]ncc3c2)nc(N2CCOCC2)nc1-c1cccc(O)c1.Oc1cccc(-c2cc(Nc3ccc4[nH]ncc4c3)nc(N3CCOCC3)n2)c1. The molecule has 2 aliphatic heterocycles. The molecule has 6 heterocycles. The Morgan fingerprint density at radius 1 is 0.623 bits per heavy atom. The fourth-order valence-corrected chi connectivity index (χ4v) is 7.05. The standard InChI is InChI=1S/C22H20N6O4.C21H20N6O2/c29-16-3-1-2-13(11-16)19-18(21(30)31)20(26-22(25-19)28-6-8-32-9-7-28)24-15-4-5-17-14(10-15)12-23-27-17;28-17-3-1-2-14(11-17)19-12-20(25-21(24-19)27-6-8-29-9-7-27)23-16-4-5-18-15(10-16)13-22-26-18/h1-5,10-12,29H,6-9H2,(H,23,27)(H,30,31)(H,24,25,26);1-5,10-13,28H,6-9H2,(H,22,26)(H,23,24,25). The van der Waals surface area contributed by atoms with Gasteiger partial charge in [0.05, 0.1) is 61.2 Å². The molecule has 2 saturated heterocycles. The number of rotatable bonds is 9. The van der Waals surface area contributed by atoms with Crippen LogP contribution in [-0.2, 0) is 9.47 Å². The van der Waals surface area contributed by atoms with Crippen LogP contribution in [0.2, 0.25) is 0 Å². The molecule has 2 fully saturated rings. The van der Waals surface area contributed by atoms with Gasteiger partial charge in [0.15, 0.2) is 5.82 Å². The number of benzene rings is 4. The first-order chi connectivity index (χ1) is 29.8. The Hall–Kier alpha value is -7.83. The molecule has 0 unspecified atom stereocenters. The topological polar surface area (TPSA) is 236 Å². The predicted molar refractivity (Wildman–Crippen MR) is 230 cm³/mol. The normalized spacial score (nSPS) is 14.1. The first-order valence-corrected chi connectivity index (χ1v) is 19.5. The van der Waals surface area contributed by atoms with Crippen molar-refractivity contribution in [2.45, 2.75) is 0 Å². The lowest BCUT2D eigenvalue weighted by Gasteiger charge is -2.28. The number of aromatic carboxylic acids is 1. The number of fused-ring (bicyclic) bond motifs is 2. The average molecular weight is 821 g/mol. The van der Waals surface area contributed by atoms with E-state index in [1.54, 1.807) is 42.7 Å². The molecule has 4 aromatic carbocycles. The molecule has 8 aromatic rings. The molecule has 0 saturated carbocycles. The molecule has 0 radical (unpaired) electrons. The van der Waals surface area contributed by atoms with Gasteiger partial charge in [0.1, 0.15) is 22.9 Å². The van der Waals surface area contributed by atoms with E-state index in [-0.39, 0.29) is 28.6 Å². The van der Waals surface area contributed by atoms with E-state index in [4.69, 9.17) is 19.4 Å². The number of aromatic hydroxyl groups is 2. The highest BCUT2D eigenvalue weighted by Crippen LogP contribution is 2.34. The van der Waals surface area contributed by atoms with Crippen LogP contribution in [0.1, 0.15) is 10.4 Å². The molecule has 0 bridgehead atoms. The van der Waals surface area contributed by atoms with E-state index in [2.05, 4.69) is 45.9 Å². The summed E-state index contributed by atoms with van der Waals surface area (Å²) in [6.07, 6.45) is 3.48. The number of aromatic amines is 2. The predicted octanol–water partition coefficient (Wildman–Crippen LogP) is 6.31. The molecule has 0 spiro atoms. The molecule has 4 aromatic heterocycles. The van der Waals surface area contributed by atoms with Crippen LogP contribution in [0, 0.1) is 0 Å². The summed E-state index contributed by atoms with van der Waals surface area (Å²) in [4.78, 5) is 35.0. The van der Waals surface area contributed by atoms with E-state index in [0.29, 0.717) is 68.5 Å². The van der Waals surface area contributed by atoms with Gasteiger partial charge in [-0.15, -0.1) is 0 Å². The molecule has 0 amide bonds. The van der Waals surface area contributed by atoms with Gasteiger partial charge in [0.2, 0.25) is 11.9 Å². The second-order valence-electron chi connectivity index (χ2n) is 14.2. The van der Waals surface area contributed by atoms with Crippen LogP contribution >= 0.6 is 0 Å². The fraction of sp³-hybridized carbons (Fsp3) is 0.186. The van der Waals surface area contributed by atoms with Crippen molar-refractivity contribution < 1.29 is 29.6 Å². The second kappa shape index (κ2) is 17.2. The van der Waals surface area contributed by atoms with Gasteiger partial charge in [0, 0.05) is 65.5 Å². The maximum Gasteiger partial charge on any atom is 0.341 e. The van der Waals surface area contributed by atoms with Crippen LogP contribution < -0.4 is 20.4 Å². The number of carboxylic acids is 1. The van der Waals surface area contributed by atoms with Gasteiger partial charge in [-0.25, -0.2) is 14.8 Å². The van der Waals surface area contributed by atoms with Crippen molar-refractivity contribution in [3.05, 3.63) is 109 Å². The van der Waals surface area contributed by atoms with E-state index >= 15 is 0 Å². The number of hydrogen-bond acceptors (Lipinski definition) is 15. The van der Waals surface area contributed by atoms with E-state index in [0.717, 1.165) is 51.8 Å². The van der Waals surface area contributed by atoms with Crippen molar-refractivity contribution in [2.75, 3.05) is 73.0 Å². The summed E-state index contributed by atoms with van der Waals surface area (Å²) in [6.45, 7) is 5.03. The number of carboxylic acid groups (broad SMARTS) is 1. The van der Waals surface area contributed by atoms with Gasteiger partial charge in [0.25, 0.3) is 0 Å². The molecular formula is C43H40N12O6. The number of nitrogens with zero attached hydrogens (tertiary/aromatic N) is 8. The highest BCUT2D eigenvalue weighted by molar-refractivity contribution is 6.01. The Morgan fingerprint density at radius 3 is 1.77 bits per heavy atom. The van der Waals surface area contributed by atoms with Crippen molar-refractivity contribution in [1.82, 2.24) is 40.3 Å². The van der Waals surface area contributed by atoms with Crippen LogP contribution in [0.5, 0.6) is 11.5 Å². The molecule has 18 nitrogen and oxygen atoms in total. The van der Waals surface area contributed by atoms with E-state index in [9.17, 15) is 20.1 Å². The zero-order chi connectivity index (χ0) is 41.7. The molecule has 2 aliphatic rings. The first-order valence-electron chi connectivity index (χ1n) is 19.5. The summed E-state index contributed by atoms with van der Waals surface area (Å²) >= 11 is 0. The fourth-order valence-electron chi connectivity index (χ4n) is 7.05. The summed E-state index contributed by atoms with van der Waals surface area (Å²) in [6, 6.07) is 26.8. The molecule has 0 atom stereocenters. The number of aromatic nitrogens is 8. The van der Waals surface area contributed by atoms with Crippen LogP contribution in [0.15, 0.2) is 103 Å². The first kappa shape index (κ1) is 38.7. The third-order valence-corrected chi connectivity index (χ3v) is 10.1. The number of morpholine rings is 2. The third-order valence-electron chi connectivity index (χ3n) is 10.1. The summed E-state index contributed by atoms with van der Waals surface area (Å²) in [5.41, 5.74) is 5.60. The Morgan fingerprint density at radius 2 is 1.18 bits per heavy atom. The van der Waals surface area contributed by atoms with Crippen LogP contribution in [0.25, 0.3) is 44.3 Å². The van der Waals surface area contributed by atoms with Crippen molar-refractivity contribution in [3.63, 3.8) is 0 Å². The maximum absolute atomic E-state index is 12.3. The summed E-state index contributed by atoms with van der Waals surface area (Å²) in [7, 11) is 0. The van der Waals surface area contributed by atoms with Gasteiger partial charge in [-0.05, 0) is 60.7 Å². The molecule has 7 N–H and O–H groups in total. The van der Waals surface area contributed by atoms with Crippen molar-refractivity contribution in [2.24, 2.45) is 0 Å². The smallest absolute Gasteiger partial charge is 0.341 e. The number of phenols is 2. The Bertz CT molecular complexity index is 2840. The Balaban J connectivity index is 0.000000157. The highest BCUT2D eigenvalue weighted by atomic mass is 16.5. The minimum absolute atomic E-state index is 0.0188. The highest BCUT2D eigenvalue weighted by Gasteiger charge is 2.25. The zero-order valence-electron chi connectivity index (χ0n) is 32.6. The van der Waals surface area contributed by atoms with Crippen molar-refractivity contribution in [3.8, 4) is 34.0 Å². The molecule has 0 aliphatic carbocycles. The third kappa shape index (κ3) is 8.80. The Kier molecular flexibility index (Phi) is 10.9. The molecule has 308 valence electrons.